The quantitative estimate of drug-likeness (QED) is 0.274. The number of hydrogen-bond acceptors (Lipinski definition) is 3. The summed E-state index contributed by atoms with van der Waals surface area (Å²) in [6, 6.07) is 20.4. The van der Waals surface area contributed by atoms with Crippen LogP contribution >= 0.6 is 12.6 Å². The smallest absolute Gasteiger partial charge is 0.291 e. The first-order chi connectivity index (χ1) is 15.8. The van der Waals surface area contributed by atoms with E-state index in [0.717, 1.165) is 32.1 Å². The molecule has 1 saturated heterocycles. The van der Waals surface area contributed by atoms with Crippen molar-refractivity contribution in [3.63, 3.8) is 0 Å². The van der Waals surface area contributed by atoms with Gasteiger partial charge in [-0.1, -0.05) is 87.4 Å². The highest BCUT2D eigenvalue weighted by molar-refractivity contribution is 7.96. The molecular weight excluding hydrogens is 430 g/mol. The van der Waals surface area contributed by atoms with Gasteiger partial charge in [0.2, 0.25) is 10.9 Å². The average molecular weight is 466 g/mol. The maximum atomic E-state index is 13.1. The molecule has 5 heteroatoms. The molecule has 1 amide bonds. The van der Waals surface area contributed by atoms with Gasteiger partial charge >= 0.3 is 0 Å². The van der Waals surface area contributed by atoms with Crippen LogP contribution in [-0.4, -0.2) is 34.3 Å². The lowest BCUT2D eigenvalue weighted by Crippen LogP contribution is -2.51. The highest BCUT2D eigenvalue weighted by Crippen LogP contribution is 2.32. The molecule has 1 atom stereocenters. The molecule has 1 aliphatic heterocycles. The highest BCUT2D eigenvalue weighted by Gasteiger charge is 2.39. The number of Topliss-reactive ketones (excluding diaryl/α,β-unsaturated/α-hetero) is 1. The number of likely N-dealkylation sites (tertiary alicyclic amines) is 1. The van der Waals surface area contributed by atoms with Crippen LogP contribution in [0.2, 0.25) is 0 Å². The minimum absolute atomic E-state index is 0.309. The predicted octanol–water partition coefficient (Wildman–Crippen LogP) is 5.81. The summed E-state index contributed by atoms with van der Waals surface area (Å²) in [5.74, 6) is -0.617. The van der Waals surface area contributed by atoms with E-state index in [9.17, 15) is 14.4 Å². The van der Waals surface area contributed by atoms with Gasteiger partial charge in [0.25, 0.3) is 5.91 Å². The number of unbranched alkanes of at least 4 members (excludes halogenated alkanes) is 1. The second kappa shape index (κ2) is 11.6. The van der Waals surface area contributed by atoms with Gasteiger partial charge in [-0.05, 0) is 43.2 Å². The Kier molecular flexibility index (Phi) is 8.90. The zero-order chi connectivity index (χ0) is 23.8. The molecule has 0 aliphatic carbocycles. The number of amides is 1. The molecule has 176 valence electrons. The minimum Gasteiger partial charge on any atom is -0.325 e. The summed E-state index contributed by atoms with van der Waals surface area (Å²) in [5, 5.41) is -0.332. The molecule has 1 aliphatic rings. The van der Waals surface area contributed by atoms with E-state index in [1.165, 1.54) is 16.0 Å². The summed E-state index contributed by atoms with van der Waals surface area (Å²) >= 11 is 3.94. The highest BCUT2D eigenvalue weighted by atomic mass is 32.1. The molecule has 4 nitrogen and oxygen atoms in total. The lowest BCUT2D eigenvalue weighted by molar-refractivity contribution is -0.152. The average Bonchev–Trinajstić information content (AvgIpc) is 2.84. The summed E-state index contributed by atoms with van der Waals surface area (Å²) in [6.45, 7) is 4.15. The first-order valence-electron chi connectivity index (χ1n) is 12.0. The van der Waals surface area contributed by atoms with Gasteiger partial charge in [-0.2, -0.15) is 0 Å². The lowest BCUT2D eigenvalue weighted by Gasteiger charge is -2.35. The molecule has 2 aromatic carbocycles. The van der Waals surface area contributed by atoms with Crippen LogP contribution in [0.1, 0.15) is 75.8 Å². The number of nitrogens with zero attached hydrogens (tertiary/aromatic N) is 1. The van der Waals surface area contributed by atoms with Gasteiger partial charge in [-0.3, -0.25) is 14.4 Å². The van der Waals surface area contributed by atoms with Crippen LogP contribution in [0.3, 0.4) is 0 Å². The van der Waals surface area contributed by atoms with Crippen LogP contribution in [0.25, 0.3) is 0 Å². The Morgan fingerprint density at radius 2 is 1.52 bits per heavy atom. The molecule has 0 radical (unpaired) electrons. The molecule has 2 aromatic rings. The van der Waals surface area contributed by atoms with E-state index >= 15 is 0 Å². The van der Waals surface area contributed by atoms with Crippen LogP contribution in [0.5, 0.6) is 0 Å². The number of benzene rings is 2. The molecule has 0 bridgehead atoms. The van der Waals surface area contributed by atoms with E-state index in [-0.39, 0.29) is 5.12 Å². The second-order valence-corrected chi connectivity index (χ2v) is 10.1. The van der Waals surface area contributed by atoms with Gasteiger partial charge in [0.1, 0.15) is 6.04 Å². The topological polar surface area (TPSA) is 54.5 Å². The number of ketones is 1. The Morgan fingerprint density at radius 1 is 0.939 bits per heavy atom. The Balaban J connectivity index is 1.59. The summed E-state index contributed by atoms with van der Waals surface area (Å²) in [6.07, 6.45) is 5.72. The van der Waals surface area contributed by atoms with Crippen molar-refractivity contribution in [1.82, 2.24) is 4.90 Å². The fraction of sp³-hybridized carbons (Fsp3) is 0.464. The third kappa shape index (κ3) is 6.57. The van der Waals surface area contributed by atoms with Crippen LogP contribution in [0.15, 0.2) is 60.7 Å². The molecule has 0 saturated carbocycles. The maximum Gasteiger partial charge on any atom is 0.291 e. The second-order valence-electron chi connectivity index (χ2n) is 9.68. The van der Waals surface area contributed by atoms with E-state index in [1.54, 1.807) is 0 Å². The van der Waals surface area contributed by atoms with E-state index in [4.69, 9.17) is 0 Å². The molecule has 1 unspecified atom stereocenters. The Bertz CT molecular complexity index is 903. The monoisotopic (exact) mass is 465 g/mol. The number of hydrogen-bond donors (Lipinski definition) is 1. The van der Waals surface area contributed by atoms with Gasteiger partial charge < -0.3 is 4.90 Å². The van der Waals surface area contributed by atoms with Gasteiger partial charge in [-0.15, -0.1) is 12.6 Å². The molecule has 1 fully saturated rings. The van der Waals surface area contributed by atoms with Crippen molar-refractivity contribution >= 4 is 29.4 Å². The third-order valence-corrected chi connectivity index (χ3v) is 7.10. The molecular formula is C28H35NO3S. The van der Waals surface area contributed by atoms with E-state index in [0.29, 0.717) is 25.3 Å². The number of piperidine rings is 1. The lowest BCUT2D eigenvalue weighted by atomic mass is 9.80. The maximum absolute atomic E-state index is 13.1. The number of carbonyl (C=O) groups is 3. The zero-order valence-corrected chi connectivity index (χ0v) is 20.6. The number of rotatable bonds is 10. The van der Waals surface area contributed by atoms with Gasteiger partial charge in [-0.25, -0.2) is 0 Å². The fourth-order valence-corrected chi connectivity index (χ4v) is 5.05. The van der Waals surface area contributed by atoms with Crippen molar-refractivity contribution < 1.29 is 14.4 Å². The first-order valence-corrected chi connectivity index (χ1v) is 12.4. The van der Waals surface area contributed by atoms with Gasteiger partial charge in [0.15, 0.2) is 0 Å². The van der Waals surface area contributed by atoms with E-state index < -0.39 is 23.1 Å². The predicted molar refractivity (Wildman–Crippen MR) is 135 cm³/mol. The summed E-state index contributed by atoms with van der Waals surface area (Å²) < 4.78 is 0. The first kappa shape index (κ1) is 25.2. The van der Waals surface area contributed by atoms with E-state index in [2.05, 4.69) is 61.2 Å². The Hall–Kier alpha value is -2.40. The van der Waals surface area contributed by atoms with Gasteiger partial charge in [0, 0.05) is 17.9 Å². The molecule has 1 heterocycles. The molecule has 0 N–H and O–H groups in total. The Morgan fingerprint density at radius 3 is 2.06 bits per heavy atom. The SMILES string of the molecule is CC(C)(CCCCC(c1ccccc1)c1ccccc1)C(=O)C(=O)N1CCCCC1C(=O)S. The van der Waals surface area contributed by atoms with Crippen molar-refractivity contribution in [3.05, 3.63) is 71.8 Å². The van der Waals surface area contributed by atoms with E-state index in [1.807, 2.05) is 26.0 Å². The zero-order valence-electron chi connectivity index (χ0n) is 19.7. The summed E-state index contributed by atoms with van der Waals surface area (Å²) in [4.78, 5) is 39.3. The van der Waals surface area contributed by atoms with Gasteiger partial charge in [0.05, 0.1) is 0 Å². The number of thiol groups is 1. The molecule has 0 spiro atoms. The standard InChI is InChI=1S/C28H35NO3S/c1-28(2,25(30)26(31)29-20-12-10-18-24(29)27(32)33)19-11-9-17-23(21-13-5-3-6-14-21)22-15-7-4-8-16-22/h3-8,13-16,23-24H,9-12,17-20H2,1-2H3,(H,32,33). The Labute approximate surface area is 203 Å². The molecule has 33 heavy (non-hydrogen) atoms. The van der Waals surface area contributed by atoms with Crippen molar-refractivity contribution in [3.8, 4) is 0 Å². The van der Waals surface area contributed by atoms with Crippen molar-refractivity contribution in [2.75, 3.05) is 6.54 Å². The summed E-state index contributed by atoms with van der Waals surface area (Å²) in [7, 11) is 0. The minimum atomic E-state index is -0.756. The number of carbonyl (C=O) groups excluding carboxylic acids is 3. The van der Waals surface area contributed by atoms with Crippen LogP contribution in [0, 0.1) is 5.41 Å². The van der Waals surface area contributed by atoms with Crippen LogP contribution in [0.4, 0.5) is 0 Å². The van der Waals surface area contributed by atoms with Crippen molar-refractivity contribution in [2.24, 2.45) is 5.41 Å². The summed E-state index contributed by atoms with van der Waals surface area (Å²) in [5.41, 5.74) is 1.83. The van der Waals surface area contributed by atoms with Crippen molar-refractivity contribution in [1.29, 1.82) is 0 Å². The molecule has 3 rings (SSSR count). The van der Waals surface area contributed by atoms with Crippen LogP contribution in [-0.2, 0) is 14.4 Å². The largest absolute Gasteiger partial charge is 0.325 e. The molecule has 0 aromatic heterocycles. The third-order valence-electron chi connectivity index (χ3n) is 6.81. The van der Waals surface area contributed by atoms with Crippen molar-refractivity contribution in [2.45, 2.75) is 70.8 Å². The van der Waals surface area contributed by atoms with Crippen LogP contribution < -0.4 is 0 Å². The normalized spacial score (nSPS) is 16.6. The fourth-order valence-electron chi connectivity index (χ4n) is 4.78.